The van der Waals surface area contributed by atoms with Crippen LogP contribution in [-0.4, -0.2) is 50.0 Å². The van der Waals surface area contributed by atoms with Crippen LogP contribution in [0.1, 0.15) is 26.7 Å². The Kier molecular flexibility index (Phi) is 8.92. The number of hydrogen-bond acceptors (Lipinski definition) is 5. The summed E-state index contributed by atoms with van der Waals surface area (Å²) >= 11 is 5.91. The Hall–Kier alpha value is -2.28. The normalized spacial score (nSPS) is 10.4. The number of anilines is 1. The van der Waals surface area contributed by atoms with Crippen LogP contribution in [0.25, 0.3) is 0 Å². The largest absolute Gasteiger partial charge is 0.495 e. The molecule has 144 valence electrons. The highest BCUT2D eigenvalue weighted by atomic mass is 35.5. The monoisotopic (exact) mass is 384 g/mol. The van der Waals surface area contributed by atoms with E-state index in [4.69, 9.17) is 21.1 Å². The molecule has 0 aromatic heterocycles. The lowest BCUT2D eigenvalue weighted by molar-refractivity contribution is -0.152. The molecule has 8 heteroatoms. The Morgan fingerprint density at radius 2 is 1.96 bits per heavy atom. The molecule has 0 unspecified atom stereocenters. The zero-order valence-electron chi connectivity index (χ0n) is 15.5. The molecule has 0 bridgehead atoms. The zero-order chi connectivity index (χ0) is 19.7. The third-order valence-electron chi connectivity index (χ3n) is 3.52. The Labute approximate surface area is 158 Å². The zero-order valence-corrected chi connectivity index (χ0v) is 16.3. The Balaban J connectivity index is 2.47. The molecule has 1 N–H and O–H groups in total. The van der Waals surface area contributed by atoms with Crippen molar-refractivity contribution in [1.29, 1.82) is 0 Å². The van der Waals surface area contributed by atoms with Crippen molar-refractivity contribution in [3.8, 4) is 5.75 Å². The van der Waals surface area contributed by atoms with Gasteiger partial charge >= 0.3 is 5.97 Å². The van der Waals surface area contributed by atoms with E-state index < -0.39 is 17.8 Å². The summed E-state index contributed by atoms with van der Waals surface area (Å²) in [6.07, 6.45) is 0.969. The molecule has 1 aromatic carbocycles. The lowest BCUT2D eigenvalue weighted by Crippen LogP contribution is -2.37. The third kappa shape index (κ3) is 7.74. The van der Waals surface area contributed by atoms with E-state index in [2.05, 4.69) is 5.32 Å². The minimum Gasteiger partial charge on any atom is -0.495 e. The smallest absolute Gasteiger partial charge is 0.306 e. The first kappa shape index (κ1) is 21.8. The number of halogens is 1. The lowest BCUT2D eigenvalue weighted by atomic mass is 10.1. The number of hydrogen-bond donors (Lipinski definition) is 1. The maximum Gasteiger partial charge on any atom is 0.306 e. The summed E-state index contributed by atoms with van der Waals surface area (Å²) in [4.78, 5) is 36.8. The van der Waals surface area contributed by atoms with E-state index in [0.717, 1.165) is 0 Å². The number of rotatable bonds is 9. The molecule has 2 amide bonds. The van der Waals surface area contributed by atoms with Gasteiger partial charge in [0.2, 0.25) is 5.91 Å². The van der Waals surface area contributed by atoms with Crippen molar-refractivity contribution in [2.45, 2.75) is 26.7 Å². The van der Waals surface area contributed by atoms with Crippen LogP contribution >= 0.6 is 11.6 Å². The lowest BCUT2D eigenvalue weighted by Gasteiger charge is -2.17. The topological polar surface area (TPSA) is 84.9 Å². The first-order chi connectivity index (χ1) is 12.2. The van der Waals surface area contributed by atoms with Crippen LogP contribution in [0.3, 0.4) is 0 Å². The number of benzene rings is 1. The molecule has 1 rings (SSSR count). The van der Waals surface area contributed by atoms with E-state index in [1.54, 1.807) is 18.2 Å². The van der Waals surface area contributed by atoms with E-state index in [0.29, 0.717) is 28.8 Å². The molecular formula is C18H25ClN2O5. The van der Waals surface area contributed by atoms with Gasteiger partial charge in [-0.2, -0.15) is 0 Å². The number of methoxy groups -OCH3 is 1. The SMILES string of the molecule is COc1ccc(Cl)cc1NC(=O)CN(C)C(=O)COC(=O)CCC(C)C. The molecule has 0 fully saturated rings. The first-order valence-corrected chi connectivity index (χ1v) is 8.63. The predicted octanol–water partition coefficient (Wildman–Crippen LogP) is 2.72. The first-order valence-electron chi connectivity index (χ1n) is 8.26. The fourth-order valence-corrected chi connectivity index (χ4v) is 2.17. The molecule has 0 aliphatic rings. The van der Waals surface area contributed by atoms with Crippen LogP contribution in [0, 0.1) is 5.92 Å². The number of ether oxygens (including phenoxy) is 2. The van der Waals surface area contributed by atoms with Crippen LogP contribution in [0.2, 0.25) is 5.02 Å². The van der Waals surface area contributed by atoms with Crippen molar-refractivity contribution >= 4 is 35.1 Å². The molecule has 26 heavy (non-hydrogen) atoms. The van der Waals surface area contributed by atoms with Crippen molar-refractivity contribution in [1.82, 2.24) is 4.90 Å². The number of carbonyl (C=O) groups is 3. The van der Waals surface area contributed by atoms with Gasteiger partial charge in [0, 0.05) is 18.5 Å². The van der Waals surface area contributed by atoms with Crippen molar-refractivity contribution in [3.05, 3.63) is 23.2 Å². The van der Waals surface area contributed by atoms with Crippen LogP contribution in [0.4, 0.5) is 5.69 Å². The molecular weight excluding hydrogens is 360 g/mol. The summed E-state index contributed by atoms with van der Waals surface area (Å²) in [7, 11) is 2.93. The number of nitrogens with one attached hydrogen (secondary N) is 1. The summed E-state index contributed by atoms with van der Waals surface area (Å²) in [5, 5.41) is 3.08. The van der Waals surface area contributed by atoms with Gasteiger partial charge in [0.25, 0.3) is 5.91 Å². The number of likely N-dealkylation sites (N-methyl/N-ethyl adjacent to an activating group) is 1. The fourth-order valence-electron chi connectivity index (χ4n) is 2.00. The second-order valence-corrected chi connectivity index (χ2v) is 6.67. The summed E-state index contributed by atoms with van der Waals surface area (Å²) in [5.41, 5.74) is 0.408. The highest BCUT2D eigenvalue weighted by Crippen LogP contribution is 2.27. The Morgan fingerprint density at radius 1 is 1.27 bits per heavy atom. The van der Waals surface area contributed by atoms with Crippen molar-refractivity contribution < 1.29 is 23.9 Å². The van der Waals surface area contributed by atoms with Gasteiger partial charge in [-0.05, 0) is 30.5 Å². The summed E-state index contributed by atoms with van der Waals surface area (Å²) < 4.78 is 10.1. The van der Waals surface area contributed by atoms with E-state index in [-0.39, 0.29) is 19.6 Å². The van der Waals surface area contributed by atoms with Crippen molar-refractivity contribution in [3.63, 3.8) is 0 Å². The molecule has 7 nitrogen and oxygen atoms in total. The third-order valence-corrected chi connectivity index (χ3v) is 3.76. The molecule has 0 aliphatic heterocycles. The van der Waals surface area contributed by atoms with E-state index in [9.17, 15) is 14.4 Å². The number of nitrogens with zero attached hydrogens (tertiary/aromatic N) is 1. The Morgan fingerprint density at radius 3 is 2.58 bits per heavy atom. The average molecular weight is 385 g/mol. The van der Waals surface area contributed by atoms with Crippen molar-refractivity contribution in [2.24, 2.45) is 5.92 Å². The van der Waals surface area contributed by atoms with E-state index >= 15 is 0 Å². The molecule has 0 aliphatic carbocycles. The van der Waals surface area contributed by atoms with Gasteiger partial charge in [0.05, 0.1) is 19.3 Å². The predicted molar refractivity (Wildman–Crippen MR) is 99.3 cm³/mol. The van der Waals surface area contributed by atoms with Crippen LogP contribution in [0.5, 0.6) is 5.75 Å². The highest BCUT2D eigenvalue weighted by Gasteiger charge is 2.16. The van der Waals surface area contributed by atoms with Gasteiger partial charge in [-0.1, -0.05) is 25.4 Å². The van der Waals surface area contributed by atoms with Gasteiger partial charge in [-0.15, -0.1) is 0 Å². The van der Waals surface area contributed by atoms with Gasteiger partial charge in [-0.3, -0.25) is 14.4 Å². The molecule has 1 aromatic rings. The molecule has 0 saturated heterocycles. The second kappa shape index (κ2) is 10.7. The van der Waals surface area contributed by atoms with Crippen LogP contribution < -0.4 is 10.1 Å². The average Bonchev–Trinajstić information content (AvgIpc) is 2.57. The van der Waals surface area contributed by atoms with Crippen LogP contribution in [-0.2, 0) is 19.1 Å². The molecule has 0 atom stereocenters. The Bertz CT molecular complexity index is 648. The summed E-state index contributed by atoms with van der Waals surface area (Å²) in [6, 6.07) is 4.82. The van der Waals surface area contributed by atoms with Gasteiger partial charge < -0.3 is 19.7 Å². The molecule has 0 heterocycles. The second-order valence-electron chi connectivity index (χ2n) is 6.24. The standard InChI is InChI=1S/C18H25ClN2O5/c1-12(2)5-8-18(24)26-11-17(23)21(3)10-16(22)20-14-9-13(19)6-7-15(14)25-4/h6-7,9,12H,5,8,10-11H2,1-4H3,(H,20,22). The fraction of sp³-hybridized carbons (Fsp3) is 0.500. The number of carbonyl (C=O) groups excluding carboxylic acids is 3. The molecule has 0 spiro atoms. The van der Waals surface area contributed by atoms with Gasteiger partial charge in [-0.25, -0.2) is 0 Å². The maximum atomic E-state index is 12.1. The van der Waals surface area contributed by atoms with E-state index in [1.165, 1.54) is 19.1 Å². The minimum absolute atomic E-state index is 0.196. The number of esters is 1. The van der Waals surface area contributed by atoms with Gasteiger partial charge in [0.15, 0.2) is 6.61 Å². The molecule has 0 saturated carbocycles. The van der Waals surface area contributed by atoms with Crippen molar-refractivity contribution in [2.75, 3.05) is 32.6 Å². The van der Waals surface area contributed by atoms with Gasteiger partial charge in [0.1, 0.15) is 5.75 Å². The highest BCUT2D eigenvalue weighted by molar-refractivity contribution is 6.31. The minimum atomic E-state index is -0.462. The van der Waals surface area contributed by atoms with E-state index in [1.807, 2.05) is 13.8 Å². The number of amides is 2. The molecule has 0 radical (unpaired) electrons. The maximum absolute atomic E-state index is 12.1. The summed E-state index contributed by atoms with van der Waals surface area (Å²) in [5.74, 6) is -0.471. The quantitative estimate of drug-likeness (QED) is 0.662. The van der Waals surface area contributed by atoms with Crippen LogP contribution in [0.15, 0.2) is 18.2 Å². The summed E-state index contributed by atoms with van der Waals surface area (Å²) in [6.45, 7) is 3.42.